The number of ether oxygens (including phenoxy) is 2. The average Bonchev–Trinajstić information content (AvgIpc) is 2.87. The molecule has 1 aromatic heterocycles. The Morgan fingerprint density at radius 2 is 1.95 bits per heavy atom. The molecule has 2 aromatic rings. The van der Waals surface area contributed by atoms with Gasteiger partial charge in [0.05, 0.1) is 12.4 Å². The van der Waals surface area contributed by atoms with Crippen LogP contribution in [0.1, 0.15) is 19.4 Å². The van der Waals surface area contributed by atoms with E-state index in [1.807, 2.05) is 25.4 Å². The van der Waals surface area contributed by atoms with Gasteiger partial charge in [0.25, 0.3) is 0 Å². The zero-order chi connectivity index (χ0) is 15.1. The van der Waals surface area contributed by atoms with Crippen molar-refractivity contribution >= 4 is 0 Å². The fourth-order valence-corrected chi connectivity index (χ4v) is 1.86. The second-order valence-electron chi connectivity index (χ2n) is 5.23. The van der Waals surface area contributed by atoms with Crippen molar-refractivity contribution in [3.05, 3.63) is 42.2 Å². The Kier molecular flexibility index (Phi) is 5.63. The molecule has 1 heterocycles. The first-order valence-electron chi connectivity index (χ1n) is 7.20. The number of aryl methyl sites for hydroxylation is 1. The topological polar surface area (TPSA) is 48.3 Å². The van der Waals surface area contributed by atoms with Gasteiger partial charge in [-0.1, -0.05) is 26.0 Å². The zero-order valence-electron chi connectivity index (χ0n) is 12.9. The first-order valence-corrected chi connectivity index (χ1v) is 7.20. The second-order valence-corrected chi connectivity index (χ2v) is 5.23. The Morgan fingerprint density at radius 1 is 1.19 bits per heavy atom. The molecule has 0 aliphatic carbocycles. The summed E-state index contributed by atoms with van der Waals surface area (Å²) >= 11 is 0. The van der Waals surface area contributed by atoms with Gasteiger partial charge in [0.1, 0.15) is 19.0 Å². The summed E-state index contributed by atoms with van der Waals surface area (Å²) in [6.45, 7) is 6.13. The van der Waals surface area contributed by atoms with Gasteiger partial charge in [0.2, 0.25) is 0 Å². The van der Waals surface area contributed by atoms with Crippen LogP contribution in [0.2, 0.25) is 0 Å². The molecule has 1 aromatic carbocycles. The minimum atomic E-state index is 0.474. The number of aromatic nitrogens is 2. The Bertz CT molecular complexity index is 552. The van der Waals surface area contributed by atoms with Crippen LogP contribution in [0, 0.1) is 0 Å². The van der Waals surface area contributed by atoms with Crippen molar-refractivity contribution in [2.45, 2.75) is 26.4 Å². The normalized spacial score (nSPS) is 10.9. The quantitative estimate of drug-likeness (QED) is 0.758. The maximum atomic E-state index is 5.70. The number of nitrogens with one attached hydrogen (secondary N) is 1. The molecular formula is C16H23N3O2. The lowest BCUT2D eigenvalue weighted by Crippen LogP contribution is -2.21. The molecule has 0 radical (unpaired) electrons. The maximum Gasteiger partial charge on any atom is 0.157 e. The van der Waals surface area contributed by atoms with E-state index in [-0.39, 0.29) is 0 Å². The standard InChI is InChI=1S/C16H23N3O2/c1-13(2)17-10-14-5-4-6-15(9-14)20-7-8-21-16-11-18-19(3)12-16/h4-6,9,11-13,17H,7-8,10H2,1-3H3. The number of benzene rings is 1. The number of hydrogen-bond acceptors (Lipinski definition) is 4. The lowest BCUT2D eigenvalue weighted by molar-refractivity contribution is 0.217. The summed E-state index contributed by atoms with van der Waals surface area (Å²) < 4.78 is 12.9. The highest BCUT2D eigenvalue weighted by atomic mass is 16.5. The third kappa shape index (κ3) is 5.47. The van der Waals surface area contributed by atoms with Crippen LogP contribution in [0.4, 0.5) is 0 Å². The van der Waals surface area contributed by atoms with Crippen molar-refractivity contribution in [1.29, 1.82) is 0 Å². The second kappa shape index (κ2) is 7.69. The molecule has 0 aliphatic rings. The van der Waals surface area contributed by atoms with E-state index in [1.54, 1.807) is 10.9 Å². The smallest absolute Gasteiger partial charge is 0.157 e. The van der Waals surface area contributed by atoms with Crippen LogP contribution in [0.25, 0.3) is 0 Å². The molecule has 2 rings (SSSR count). The third-order valence-corrected chi connectivity index (χ3v) is 2.91. The molecule has 5 heteroatoms. The summed E-state index contributed by atoms with van der Waals surface area (Å²) in [5.74, 6) is 1.63. The monoisotopic (exact) mass is 289 g/mol. The molecule has 0 aliphatic heterocycles. The van der Waals surface area contributed by atoms with Gasteiger partial charge in [-0.15, -0.1) is 0 Å². The minimum Gasteiger partial charge on any atom is -0.490 e. The van der Waals surface area contributed by atoms with Crippen LogP contribution in [0.15, 0.2) is 36.7 Å². The molecule has 21 heavy (non-hydrogen) atoms. The molecule has 0 amide bonds. The van der Waals surface area contributed by atoms with Crippen LogP contribution in [0.3, 0.4) is 0 Å². The summed E-state index contributed by atoms with van der Waals surface area (Å²) in [7, 11) is 1.86. The van der Waals surface area contributed by atoms with E-state index in [0.29, 0.717) is 19.3 Å². The van der Waals surface area contributed by atoms with E-state index in [2.05, 4.69) is 36.4 Å². The molecular weight excluding hydrogens is 266 g/mol. The summed E-state index contributed by atoms with van der Waals surface area (Å²) in [5.41, 5.74) is 1.22. The van der Waals surface area contributed by atoms with Crippen molar-refractivity contribution in [3.63, 3.8) is 0 Å². The van der Waals surface area contributed by atoms with Gasteiger partial charge >= 0.3 is 0 Å². The molecule has 5 nitrogen and oxygen atoms in total. The zero-order valence-corrected chi connectivity index (χ0v) is 12.9. The van der Waals surface area contributed by atoms with Crippen molar-refractivity contribution in [1.82, 2.24) is 15.1 Å². The van der Waals surface area contributed by atoms with E-state index >= 15 is 0 Å². The summed E-state index contributed by atoms with van der Waals surface area (Å²) in [5, 5.41) is 7.43. The van der Waals surface area contributed by atoms with Gasteiger partial charge in [-0.3, -0.25) is 4.68 Å². The molecule has 114 valence electrons. The van der Waals surface area contributed by atoms with Crippen molar-refractivity contribution in [3.8, 4) is 11.5 Å². The Labute approximate surface area is 125 Å². The van der Waals surface area contributed by atoms with Crippen LogP contribution in [-0.2, 0) is 13.6 Å². The fraction of sp³-hybridized carbons (Fsp3) is 0.438. The molecule has 0 spiro atoms. The van der Waals surface area contributed by atoms with Gasteiger partial charge in [-0.2, -0.15) is 5.10 Å². The predicted molar refractivity (Wildman–Crippen MR) is 82.6 cm³/mol. The fourth-order valence-electron chi connectivity index (χ4n) is 1.86. The third-order valence-electron chi connectivity index (χ3n) is 2.91. The van der Waals surface area contributed by atoms with Crippen molar-refractivity contribution in [2.24, 2.45) is 7.05 Å². The summed E-state index contributed by atoms with van der Waals surface area (Å²) in [4.78, 5) is 0. The first kappa shape index (κ1) is 15.4. The lowest BCUT2D eigenvalue weighted by Gasteiger charge is -2.10. The van der Waals surface area contributed by atoms with Crippen LogP contribution < -0.4 is 14.8 Å². The van der Waals surface area contributed by atoms with Gasteiger partial charge in [0, 0.05) is 19.6 Å². The summed E-state index contributed by atoms with van der Waals surface area (Å²) in [6, 6.07) is 8.59. The van der Waals surface area contributed by atoms with Crippen LogP contribution in [0.5, 0.6) is 11.5 Å². The van der Waals surface area contributed by atoms with Crippen LogP contribution in [-0.4, -0.2) is 29.0 Å². The maximum absolute atomic E-state index is 5.70. The van der Waals surface area contributed by atoms with Crippen molar-refractivity contribution < 1.29 is 9.47 Å². The van der Waals surface area contributed by atoms with E-state index in [0.717, 1.165) is 18.0 Å². The van der Waals surface area contributed by atoms with Crippen LogP contribution >= 0.6 is 0 Å². The highest BCUT2D eigenvalue weighted by Crippen LogP contribution is 2.13. The molecule has 0 atom stereocenters. The Balaban J connectivity index is 1.73. The number of rotatable bonds is 8. The Morgan fingerprint density at radius 3 is 2.62 bits per heavy atom. The largest absolute Gasteiger partial charge is 0.490 e. The molecule has 0 unspecified atom stereocenters. The SMILES string of the molecule is CC(C)NCc1cccc(OCCOc2cnn(C)c2)c1. The van der Waals surface area contributed by atoms with E-state index in [1.165, 1.54) is 5.56 Å². The first-order chi connectivity index (χ1) is 10.1. The molecule has 1 N–H and O–H groups in total. The lowest BCUT2D eigenvalue weighted by atomic mass is 10.2. The average molecular weight is 289 g/mol. The molecule has 0 fully saturated rings. The van der Waals surface area contributed by atoms with Crippen molar-refractivity contribution in [2.75, 3.05) is 13.2 Å². The number of nitrogens with zero attached hydrogens (tertiary/aromatic N) is 2. The predicted octanol–water partition coefficient (Wildman–Crippen LogP) is 2.38. The highest BCUT2D eigenvalue weighted by molar-refractivity contribution is 5.28. The Hall–Kier alpha value is -2.01. The minimum absolute atomic E-state index is 0.474. The van der Waals surface area contributed by atoms with E-state index in [4.69, 9.17) is 9.47 Å². The summed E-state index contributed by atoms with van der Waals surface area (Å²) in [6.07, 6.45) is 3.52. The number of hydrogen-bond donors (Lipinski definition) is 1. The van der Waals surface area contributed by atoms with Gasteiger partial charge in [-0.05, 0) is 17.7 Å². The van der Waals surface area contributed by atoms with Gasteiger partial charge in [-0.25, -0.2) is 0 Å². The van der Waals surface area contributed by atoms with Gasteiger partial charge in [0.15, 0.2) is 5.75 Å². The van der Waals surface area contributed by atoms with E-state index in [9.17, 15) is 0 Å². The van der Waals surface area contributed by atoms with E-state index < -0.39 is 0 Å². The molecule has 0 saturated heterocycles. The van der Waals surface area contributed by atoms with Gasteiger partial charge < -0.3 is 14.8 Å². The highest BCUT2D eigenvalue weighted by Gasteiger charge is 2.00. The molecule has 0 bridgehead atoms. The molecule has 0 saturated carbocycles.